The van der Waals surface area contributed by atoms with Gasteiger partial charge >= 0.3 is 0 Å². The molecule has 5 rings (SSSR count). The maximum atomic E-state index is 13.5. The lowest BCUT2D eigenvalue weighted by Crippen LogP contribution is -2.61. The Kier molecular flexibility index (Phi) is 4.94. The van der Waals surface area contributed by atoms with Gasteiger partial charge in [0.05, 0.1) is 28.2 Å². The number of rotatable bonds is 4. The van der Waals surface area contributed by atoms with E-state index in [9.17, 15) is 4.79 Å². The Morgan fingerprint density at radius 3 is 2.62 bits per heavy atom. The van der Waals surface area contributed by atoms with E-state index in [1.807, 2.05) is 41.3 Å². The van der Waals surface area contributed by atoms with Crippen LogP contribution in [-0.2, 0) is 14.9 Å². The third-order valence-electron chi connectivity index (χ3n) is 5.83. The van der Waals surface area contributed by atoms with Crippen LogP contribution in [0.5, 0.6) is 5.19 Å². The molecule has 150 valence electrons. The van der Waals surface area contributed by atoms with Crippen molar-refractivity contribution in [2.24, 2.45) is 0 Å². The van der Waals surface area contributed by atoms with Gasteiger partial charge in [0.2, 0.25) is 5.91 Å². The maximum Gasteiger partial charge on any atom is 0.274 e. The number of amides is 1. The van der Waals surface area contributed by atoms with E-state index in [-0.39, 0.29) is 12.0 Å². The number of likely N-dealkylation sites (tertiary alicyclic amines) is 1. The molecule has 0 spiro atoms. The maximum absolute atomic E-state index is 13.5. The molecule has 3 aromatic rings. The van der Waals surface area contributed by atoms with Crippen LogP contribution in [-0.4, -0.2) is 48.2 Å². The van der Waals surface area contributed by atoms with Crippen molar-refractivity contribution in [2.45, 2.75) is 24.4 Å². The number of aromatic nitrogens is 1. The van der Waals surface area contributed by atoms with E-state index < -0.39 is 5.41 Å². The zero-order valence-electron chi connectivity index (χ0n) is 15.8. The lowest BCUT2D eigenvalue weighted by molar-refractivity contribution is -0.150. The lowest BCUT2D eigenvalue weighted by atomic mass is 9.72. The molecule has 0 bridgehead atoms. The predicted molar refractivity (Wildman–Crippen MR) is 114 cm³/mol. The summed E-state index contributed by atoms with van der Waals surface area (Å²) in [5, 5.41) is 1.23. The van der Waals surface area contributed by atoms with Crippen LogP contribution in [0.1, 0.15) is 18.4 Å². The minimum Gasteiger partial charge on any atom is -0.463 e. The molecule has 2 aromatic carbocycles. The van der Waals surface area contributed by atoms with Crippen LogP contribution in [0.4, 0.5) is 0 Å². The first-order valence-electron chi connectivity index (χ1n) is 9.80. The van der Waals surface area contributed by atoms with Crippen molar-refractivity contribution in [3.05, 3.63) is 59.1 Å². The number of ether oxygens (including phenoxy) is 2. The number of nitrogens with zero attached hydrogens (tertiary/aromatic N) is 2. The van der Waals surface area contributed by atoms with Crippen LogP contribution in [0.15, 0.2) is 48.5 Å². The Labute approximate surface area is 178 Å². The molecule has 2 fully saturated rings. The third kappa shape index (κ3) is 3.39. The number of hydrogen-bond acceptors (Lipinski definition) is 5. The molecule has 29 heavy (non-hydrogen) atoms. The van der Waals surface area contributed by atoms with Gasteiger partial charge in [0.1, 0.15) is 11.6 Å². The van der Waals surface area contributed by atoms with Gasteiger partial charge in [-0.25, -0.2) is 4.98 Å². The van der Waals surface area contributed by atoms with E-state index in [1.165, 1.54) is 11.3 Å². The second-order valence-corrected chi connectivity index (χ2v) is 8.98. The number of carbonyl (C=O) groups excluding carboxylic acids is 1. The molecule has 0 radical (unpaired) electrons. The zero-order chi connectivity index (χ0) is 19.8. The predicted octanol–water partition coefficient (Wildman–Crippen LogP) is 4.29. The summed E-state index contributed by atoms with van der Waals surface area (Å²) in [6.07, 6.45) is 1.40. The van der Waals surface area contributed by atoms with E-state index in [0.717, 1.165) is 15.8 Å². The van der Waals surface area contributed by atoms with Crippen LogP contribution < -0.4 is 4.74 Å². The van der Waals surface area contributed by atoms with Gasteiger partial charge in [0.25, 0.3) is 5.19 Å². The molecule has 2 aliphatic rings. The number of hydrogen-bond donors (Lipinski definition) is 0. The van der Waals surface area contributed by atoms with Gasteiger partial charge in [-0.3, -0.25) is 4.79 Å². The van der Waals surface area contributed by atoms with Gasteiger partial charge in [0, 0.05) is 13.2 Å². The number of para-hydroxylation sites is 1. The molecule has 1 amide bonds. The van der Waals surface area contributed by atoms with Crippen molar-refractivity contribution in [1.29, 1.82) is 0 Å². The van der Waals surface area contributed by atoms with Crippen LogP contribution in [0.25, 0.3) is 10.2 Å². The highest BCUT2D eigenvalue weighted by Gasteiger charge is 2.47. The summed E-state index contributed by atoms with van der Waals surface area (Å²) in [5.74, 6) is 0.180. The van der Waals surface area contributed by atoms with Crippen molar-refractivity contribution in [1.82, 2.24) is 9.88 Å². The van der Waals surface area contributed by atoms with Gasteiger partial charge in [-0.1, -0.05) is 59.3 Å². The highest BCUT2D eigenvalue weighted by Crippen LogP contribution is 2.39. The molecule has 0 atom stereocenters. The van der Waals surface area contributed by atoms with E-state index in [4.69, 9.17) is 21.1 Å². The van der Waals surface area contributed by atoms with Crippen LogP contribution in [0, 0.1) is 0 Å². The summed E-state index contributed by atoms with van der Waals surface area (Å²) < 4.78 is 12.6. The normalized spacial score (nSPS) is 19.1. The van der Waals surface area contributed by atoms with E-state index >= 15 is 0 Å². The van der Waals surface area contributed by atoms with Crippen molar-refractivity contribution >= 4 is 39.1 Å². The van der Waals surface area contributed by atoms with Crippen LogP contribution >= 0.6 is 22.9 Å². The third-order valence-corrected chi connectivity index (χ3v) is 7.05. The molecule has 0 aliphatic carbocycles. The number of thiazole rings is 1. The summed E-state index contributed by atoms with van der Waals surface area (Å²) in [7, 11) is 0. The Morgan fingerprint density at radius 1 is 1.14 bits per heavy atom. The molecular weight excluding hydrogens is 408 g/mol. The molecule has 0 unspecified atom stereocenters. The van der Waals surface area contributed by atoms with Crippen molar-refractivity contribution < 1.29 is 14.3 Å². The van der Waals surface area contributed by atoms with Gasteiger partial charge < -0.3 is 14.4 Å². The summed E-state index contributed by atoms with van der Waals surface area (Å²) in [4.78, 5) is 19.9. The molecule has 2 saturated heterocycles. The molecule has 0 N–H and O–H groups in total. The fraction of sp³-hybridized carbons (Fsp3) is 0.364. The Hall–Kier alpha value is -2.15. The number of carbonyl (C=O) groups is 1. The van der Waals surface area contributed by atoms with E-state index in [1.54, 1.807) is 0 Å². The summed E-state index contributed by atoms with van der Waals surface area (Å²) in [6, 6.07) is 15.8. The Morgan fingerprint density at radius 2 is 1.90 bits per heavy atom. The van der Waals surface area contributed by atoms with Crippen molar-refractivity contribution in [3.8, 4) is 5.19 Å². The fourth-order valence-corrected chi connectivity index (χ4v) is 5.35. The van der Waals surface area contributed by atoms with Gasteiger partial charge in [-0.05, 0) is 30.5 Å². The standard InChI is InChI=1S/C22H21ClN2O3S/c23-17-7-4-8-18-19(17)24-21(29-18)28-16-13-25(14-16)20(26)22(9-11-27-12-10-22)15-5-2-1-3-6-15/h1-8,16H,9-14H2. The average molecular weight is 429 g/mol. The van der Waals surface area contributed by atoms with Crippen LogP contribution in [0.3, 0.4) is 0 Å². The topological polar surface area (TPSA) is 51.7 Å². The quantitative estimate of drug-likeness (QED) is 0.622. The number of fused-ring (bicyclic) bond motifs is 1. The SMILES string of the molecule is O=C(N1CC(Oc2nc3c(Cl)cccc3s2)C1)C1(c2ccccc2)CCOCC1. The van der Waals surface area contributed by atoms with Crippen LogP contribution in [0.2, 0.25) is 5.02 Å². The molecule has 5 nitrogen and oxygen atoms in total. The molecule has 3 heterocycles. The Balaban J connectivity index is 1.29. The zero-order valence-corrected chi connectivity index (χ0v) is 17.4. The molecule has 7 heteroatoms. The minimum atomic E-state index is -0.492. The van der Waals surface area contributed by atoms with Gasteiger partial charge in [0.15, 0.2) is 0 Å². The highest BCUT2D eigenvalue weighted by atomic mass is 35.5. The second-order valence-electron chi connectivity index (χ2n) is 7.58. The molecule has 0 saturated carbocycles. The van der Waals surface area contributed by atoms with Gasteiger partial charge in [-0.15, -0.1) is 0 Å². The van der Waals surface area contributed by atoms with E-state index in [0.29, 0.717) is 49.4 Å². The summed E-state index contributed by atoms with van der Waals surface area (Å²) >= 11 is 7.69. The first kappa shape index (κ1) is 18.9. The van der Waals surface area contributed by atoms with Gasteiger partial charge in [-0.2, -0.15) is 0 Å². The first-order chi connectivity index (χ1) is 14.2. The average Bonchev–Trinajstić information content (AvgIpc) is 3.15. The number of halogens is 1. The Bertz CT molecular complexity index is 1030. The fourth-order valence-electron chi connectivity index (χ4n) is 4.17. The molecule has 1 aromatic heterocycles. The monoisotopic (exact) mass is 428 g/mol. The van der Waals surface area contributed by atoms with Crippen molar-refractivity contribution in [3.63, 3.8) is 0 Å². The minimum absolute atomic E-state index is 0.0362. The number of benzene rings is 2. The second kappa shape index (κ2) is 7.59. The van der Waals surface area contributed by atoms with Crippen molar-refractivity contribution in [2.75, 3.05) is 26.3 Å². The first-order valence-corrected chi connectivity index (χ1v) is 11.0. The molecular formula is C22H21ClN2O3S. The summed E-state index contributed by atoms with van der Waals surface area (Å²) in [6.45, 7) is 2.39. The summed E-state index contributed by atoms with van der Waals surface area (Å²) in [5.41, 5.74) is 1.36. The van der Waals surface area contributed by atoms with E-state index in [2.05, 4.69) is 17.1 Å². The largest absolute Gasteiger partial charge is 0.463 e. The molecule has 2 aliphatic heterocycles. The highest BCUT2D eigenvalue weighted by molar-refractivity contribution is 7.20. The lowest BCUT2D eigenvalue weighted by Gasteiger charge is -2.46. The smallest absolute Gasteiger partial charge is 0.274 e.